The number of benzene rings is 2. The quantitative estimate of drug-likeness (QED) is 0.558. The highest BCUT2D eigenvalue weighted by atomic mass is 79.9. The molecule has 0 saturated heterocycles. The third kappa shape index (κ3) is 5.09. The molecule has 0 atom stereocenters. The van der Waals surface area contributed by atoms with E-state index in [9.17, 15) is 4.79 Å². The highest BCUT2D eigenvalue weighted by Crippen LogP contribution is 2.20. The summed E-state index contributed by atoms with van der Waals surface area (Å²) in [5, 5.41) is 11.5. The number of halogens is 1. The maximum absolute atomic E-state index is 12.3. The van der Waals surface area contributed by atoms with Crippen molar-refractivity contribution in [3.63, 3.8) is 0 Å². The number of aromatic nitrogens is 3. The van der Waals surface area contributed by atoms with Crippen LogP contribution in [0.1, 0.15) is 5.56 Å². The van der Waals surface area contributed by atoms with Gasteiger partial charge in [-0.15, -0.1) is 10.2 Å². The van der Waals surface area contributed by atoms with E-state index in [0.29, 0.717) is 5.16 Å². The normalized spacial score (nSPS) is 10.7. The number of anilines is 2. The van der Waals surface area contributed by atoms with Crippen molar-refractivity contribution in [1.29, 1.82) is 0 Å². The molecule has 2 aromatic carbocycles. The summed E-state index contributed by atoms with van der Waals surface area (Å²) < 4.78 is 2.58. The molecule has 3 aromatic rings. The van der Waals surface area contributed by atoms with E-state index in [1.165, 1.54) is 17.3 Å². The number of nitrogens with one attached hydrogen (secondary N) is 1. The van der Waals surface area contributed by atoms with Crippen molar-refractivity contribution in [2.24, 2.45) is 0 Å². The molecule has 134 valence electrons. The second-order valence-electron chi connectivity index (χ2n) is 5.57. The predicted octanol–water partition coefficient (Wildman–Crippen LogP) is 3.60. The number of aryl methyl sites for hydroxylation is 1. The van der Waals surface area contributed by atoms with Crippen molar-refractivity contribution in [3.8, 4) is 0 Å². The van der Waals surface area contributed by atoms with Gasteiger partial charge in [0.15, 0.2) is 5.16 Å². The van der Waals surface area contributed by atoms with Crippen molar-refractivity contribution < 1.29 is 4.79 Å². The van der Waals surface area contributed by atoms with Gasteiger partial charge >= 0.3 is 0 Å². The first-order valence-corrected chi connectivity index (χ1v) is 9.80. The van der Waals surface area contributed by atoms with Crippen molar-refractivity contribution in [2.45, 2.75) is 18.1 Å². The molecule has 0 aliphatic heterocycles. The fourth-order valence-corrected chi connectivity index (χ4v) is 3.53. The zero-order chi connectivity index (χ0) is 18.4. The molecule has 0 aliphatic rings. The maximum atomic E-state index is 12.3. The average molecular weight is 432 g/mol. The Balaban J connectivity index is 1.58. The number of nitrogens with two attached hydrogens (primary N) is 1. The first-order valence-electron chi connectivity index (χ1n) is 8.02. The molecule has 1 aromatic heterocycles. The van der Waals surface area contributed by atoms with Crippen molar-refractivity contribution in [2.75, 3.05) is 16.8 Å². The van der Waals surface area contributed by atoms with Crippen LogP contribution < -0.4 is 11.1 Å². The van der Waals surface area contributed by atoms with Gasteiger partial charge in [0.2, 0.25) is 11.9 Å². The maximum Gasteiger partial charge on any atom is 0.244 e. The second kappa shape index (κ2) is 8.86. The summed E-state index contributed by atoms with van der Waals surface area (Å²) in [5.41, 5.74) is 7.86. The lowest BCUT2D eigenvalue weighted by Crippen LogP contribution is -2.20. The minimum Gasteiger partial charge on any atom is -0.368 e. The number of thioether (sulfide) groups is 1. The second-order valence-corrected chi connectivity index (χ2v) is 7.54. The van der Waals surface area contributed by atoms with Gasteiger partial charge < -0.3 is 11.1 Å². The molecule has 1 heterocycles. The van der Waals surface area contributed by atoms with Gasteiger partial charge in [-0.1, -0.05) is 58.0 Å². The number of hydrogen-bond donors (Lipinski definition) is 2. The van der Waals surface area contributed by atoms with Crippen LogP contribution in [0.4, 0.5) is 11.6 Å². The zero-order valence-electron chi connectivity index (χ0n) is 13.9. The lowest BCUT2D eigenvalue weighted by Gasteiger charge is -2.09. The molecular weight excluding hydrogens is 414 g/mol. The molecule has 0 spiro atoms. The molecule has 0 fully saturated rings. The van der Waals surface area contributed by atoms with E-state index in [1.54, 1.807) is 4.57 Å². The Morgan fingerprint density at radius 3 is 2.58 bits per heavy atom. The van der Waals surface area contributed by atoms with E-state index in [1.807, 2.05) is 42.5 Å². The highest BCUT2D eigenvalue weighted by molar-refractivity contribution is 9.10. The van der Waals surface area contributed by atoms with Gasteiger partial charge in [0.25, 0.3) is 0 Å². The molecule has 26 heavy (non-hydrogen) atoms. The standard InChI is InChI=1S/C18H18BrN5OS/c19-14-6-8-15(9-7-14)21-16(25)12-24-17(20)22-23-18(24)26-11-10-13-4-2-1-3-5-13/h1-9H,10-12H2,(H2,20,22)(H,21,25). The van der Waals surface area contributed by atoms with Crippen molar-refractivity contribution in [3.05, 3.63) is 64.6 Å². The first-order chi connectivity index (χ1) is 12.6. The summed E-state index contributed by atoms with van der Waals surface area (Å²) in [7, 11) is 0. The molecule has 0 radical (unpaired) electrons. The Hall–Kier alpha value is -2.32. The molecule has 3 rings (SSSR count). The molecular formula is C18H18BrN5OS. The highest BCUT2D eigenvalue weighted by Gasteiger charge is 2.14. The summed E-state index contributed by atoms with van der Waals surface area (Å²) in [6.07, 6.45) is 0.906. The SMILES string of the molecule is Nc1nnc(SCCc2ccccc2)n1CC(=O)Nc1ccc(Br)cc1. The van der Waals surface area contributed by atoms with Gasteiger partial charge in [-0.25, -0.2) is 0 Å². The third-order valence-electron chi connectivity index (χ3n) is 3.64. The van der Waals surface area contributed by atoms with Gasteiger partial charge in [0.1, 0.15) is 6.54 Å². The van der Waals surface area contributed by atoms with Gasteiger partial charge in [-0.3, -0.25) is 9.36 Å². The van der Waals surface area contributed by atoms with Crippen LogP contribution in [0.25, 0.3) is 0 Å². The summed E-state index contributed by atoms with van der Waals surface area (Å²) in [6, 6.07) is 17.6. The van der Waals surface area contributed by atoms with Gasteiger partial charge in [-0.05, 0) is 36.2 Å². The number of carbonyl (C=O) groups excluding carboxylic acids is 1. The number of nitrogen functional groups attached to an aromatic ring is 1. The van der Waals surface area contributed by atoms with Crippen LogP contribution in [0.2, 0.25) is 0 Å². The minimum atomic E-state index is -0.177. The molecule has 1 amide bonds. The molecule has 8 heteroatoms. The number of rotatable bonds is 7. The Kier molecular flexibility index (Phi) is 6.30. The van der Waals surface area contributed by atoms with E-state index >= 15 is 0 Å². The van der Waals surface area contributed by atoms with Crippen molar-refractivity contribution in [1.82, 2.24) is 14.8 Å². The number of nitrogens with zero attached hydrogens (tertiary/aromatic N) is 3. The number of carbonyl (C=O) groups is 1. The topological polar surface area (TPSA) is 85.8 Å². The number of hydrogen-bond acceptors (Lipinski definition) is 5. The van der Waals surface area contributed by atoms with E-state index in [2.05, 4.69) is 43.6 Å². The fraction of sp³-hybridized carbons (Fsp3) is 0.167. The van der Waals surface area contributed by atoms with E-state index in [4.69, 9.17) is 5.73 Å². The third-order valence-corrected chi connectivity index (χ3v) is 5.14. The van der Waals surface area contributed by atoms with Crippen LogP contribution in [0.15, 0.2) is 64.2 Å². The van der Waals surface area contributed by atoms with Crippen LogP contribution in [0.3, 0.4) is 0 Å². The van der Waals surface area contributed by atoms with Crippen LogP contribution in [-0.2, 0) is 17.8 Å². The van der Waals surface area contributed by atoms with E-state index in [-0.39, 0.29) is 18.4 Å². The summed E-state index contributed by atoms with van der Waals surface area (Å²) >= 11 is 4.90. The number of amides is 1. The molecule has 0 saturated carbocycles. The predicted molar refractivity (Wildman–Crippen MR) is 108 cm³/mol. The Morgan fingerprint density at radius 2 is 1.85 bits per heavy atom. The largest absolute Gasteiger partial charge is 0.368 e. The zero-order valence-corrected chi connectivity index (χ0v) is 16.3. The van der Waals surface area contributed by atoms with E-state index in [0.717, 1.165) is 22.3 Å². The lowest BCUT2D eigenvalue weighted by atomic mass is 10.2. The van der Waals surface area contributed by atoms with Crippen LogP contribution in [0, 0.1) is 0 Å². The first kappa shape index (κ1) is 18.5. The molecule has 0 unspecified atom stereocenters. The van der Waals surface area contributed by atoms with Crippen LogP contribution in [0.5, 0.6) is 0 Å². The lowest BCUT2D eigenvalue weighted by molar-refractivity contribution is -0.116. The molecule has 3 N–H and O–H groups in total. The summed E-state index contributed by atoms with van der Waals surface area (Å²) in [5.74, 6) is 0.887. The van der Waals surface area contributed by atoms with Crippen LogP contribution >= 0.6 is 27.7 Å². The summed E-state index contributed by atoms with van der Waals surface area (Å²) in [4.78, 5) is 12.3. The molecule has 0 bridgehead atoms. The van der Waals surface area contributed by atoms with Gasteiger partial charge in [0, 0.05) is 15.9 Å². The smallest absolute Gasteiger partial charge is 0.244 e. The summed E-state index contributed by atoms with van der Waals surface area (Å²) in [6.45, 7) is 0.0720. The van der Waals surface area contributed by atoms with Crippen LogP contribution in [-0.4, -0.2) is 26.4 Å². The molecule has 0 aliphatic carbocycles. The van der Waals surface area contributed by atoms with Gasteiger partial charge in [0.05, 0.1) is 0 Å². The minimum absolute atomic E-state index is 0.0720. The van der Waals surface area contributed by atoms with Crippen molar-refractivity contribution >= 4 is 45.2 Å². The Bertz CT molecular complexity index is 867. The van der Waals surface area contributed by atoms with Gasteiger partial charge in [-0.2, -0.15) is 0 Å². The molecule has 6 nitrogen and oxygen atoms in total. The average Bonchev–Trinajstić information content (AvgIpc) is 2.98. The Labute approximate surface area is 164 Å². The monoisotopic (exact) mass is 431 g/mol. The Morgan fingerprint density at radius 1 is 1.12 bits per heavy atom. The van der Waals surface area contributed by atoms with E-state index < -0.39 is 0 Å². The fourth-order valence-electron chi connectivity index (χ4n) is 2.34.